The first-order chi connectivity index (χ1) is 13.6. The molecule has 2 N–H and O–H groups in total. The molecule has 0 aliphatic rings. The molecular formula is C23H19ClN2O2. The van der Waals surface area contributed by atoms with E-state index in [0.29, 0.717) is 17.1 Å². The fraction of sp³-hybridized carbons (Fsp3) is 0.0435. The minimum absolute atomic E-state index is 0.145. The lowest BCUT2D eigenvalue weighted by Gasteiger charge is -2.12. The monoisotopic (exact) mass is 390 g/mol. The predicted molar refractivity (Wildman–Crippen MR) is 112 cm³/mol. The molecular weight excluding hydrogens is 372 g/mol. The van der Waals surface area contributed by atoms with Gasteiger partial charge in [-0.3, -0.25) is 9.59 Å². The summed E-state index contributed by atoms with van der Waals surface area (Å²) in [6.45, 7) is 0.355. The number of hydrogen-bond donors (Lipinski definition) is 2. The third-order valence-corrected chi connectivity index (χ3v) is 4.35. The second kappa shape index (κ2) is 9.53. The van der Waals surface area contributed by atoms with E-state index < -0.39 is 5.91 Å². The molecule has 0 saturated heterocycles. The number of hydrogen-bond acceptors (Lipinski definition) is 2. The van der Waals surface area contributed by atoms with Crippen LogP contribution >= 0.6 is 11.6 Å². The third kappa shape index (κ3) is 5.32. The highest BCUT2D eigenvalue weighted by Gasteiger charge is 2.16. The number of amides is 2. The minimum Gasteiger partial charge on any atom is -0.347 e. The number of carbonyl (C=O) groups is 2. The second-order valence-corrected chi connectivity index (χ2v) is 6.48. The maximum absolute atomic E-state index is 12.7. The van der Waals surface area contributed by atoms with Crippen LogP contribution in [0.3, 0.4) is 0 Å². The van der Waals surface area contributed by atoms with Crippen LogP contribution < -0.4 is 10.6 Å². The van der Waals surface area contributed by atoms with Crippen molar-refractivity contribution in [3.8, 4) is 0 Å². The van der Waals surface area contributed by atoms with Crippen molar-refractivity contribution < 1.29 is 9.59 Å². The molecule has 2 amide bonds. The minimum atomic E-state index is -0.442. The van der Waals surface area contributed by atoms with Crippen molar-refractivity contribution in [3.05, 3.63) is 112 Å². The summed E-state index contributed by atoms with van der Waals surface area (Å²) in [5, 5.41) is 5.84. The molecule has 5 heteroatoms. The summed E-state index contributed by atoms with van der Waals surface area (Å²) in [4.78, 5) is 25.4. The Morgan fingerprint density at radius 1 is 0.821 bits per heavy atom. The zero-order chi connectivity index (χ0) is 19.8. The Morgan fingerprint density at radius 2 is 1.43 bits per heavy atom. The van der Waals surface area contributed by atoms with E-state index in [1.807, 2.05) is 60.7 Å². The van der Waals surface area contributed by atoms with Gasteiger partial charge in [0.15, 0.2) is 0 Å². The van der Waals surface area contributed by atoms with Crippen LogP contribution in [0.5, 0.6) is 0 Å². The van der Waals surface area contributed by atoms with Crippen LogP contribution in [0, 0.1) is 0 Å². The van der Waals surface area contributed by atoms with Crippen molar-refractivity contribution in [1.82, 2.24) is 10.6 Å². The molecule has 0 aliphatic heterocycles. The Balaban J connectivity index is 1.81. The molecule has 0 radical (unpaired) electrons. The van der Waals surface area contributed by atoms with Gasteiger partial charge in [0.1, 0.15) is 5.70 Å². The van der Waals surface area contributed by atoms with Crippen molar-refractivity contribution >= 4 is 29.5 Å². The normalized spacial score (nSPS) is 11.0. The topological polar surface area (TPSA) is 58.2 Å². The Hall–Kier alpha value is -3.37. The van der Waals surface area contributed by atoms with Gasteiger partial charge in [0.05, 0.1) is 10.6 Å². The molecule has 0 heterocycles. The summed E-state index contributed by atoms with van der Waals surface area (Å²) in [5.74, 6) is -0.823. The van der Waals surface area contributed by atoms with Crippen LogP contribution in [0.4, 0.5) is 0 Å². The number of benzene rings is 3. The summed E-state index contributed by atoms with van der Waals surface area (Å²) in [5.41, 5.74) is 2.21. The van der Waals surface area contributed by atoms with E-state index in [1.54, 1.807) is 30.3 Å². The third-order valence-electron chi connectivity index (χ3n) is 4.02. The molecule has 0 unspecified atom stereocenters. The highest BCUT2D eigenvalue weighted by molar-refractivity contribution is 6.34. The maximum atomic E-state index is 12.7. The second-order valence-electron chi connectivity index (χ2n) is 6.07. The summed E-state index contributed by atoms with van der Waals surface area (Å²) >= 11 is 6.10. The molecule has 0 bridgehead atoms. The molecule has 0 spiro atoms. The van der Waals surface area contributed by atoms with Gasteiger partial charge in [0.25, 0.3) is 11.8 Å². The van der Waals surface area contributed by atoms with Gasteiger partial charge in [-0.1, -0.05) is 84.4 Å². The van der Waals surface area contributed by atoms with Gasteiger partial charge in [-0.05, 0) is 29.3 Å². The van der Waals surface area contributed by atoms with Crippen LogP contribution in [0.1, 0.15) is 21.5 Å². The van der Waals surface area contributed by atoms with Gasteiger partial charge in [0.2, 0.25) is 0 Å². The molecule has 3 aromatic rings. The summed E-state index contributed by atoms with van der Waals surface area (Å²) in [6, 6.07) is 25.6. The van der Waals surface area contributed by atoms with Crippen LogP contribution in [0.15, 0.2) is 90.6 Å². The number of halogens is 1. The van der Waals surface area contributed by atoms with Crippen molar-refractivity contribution in [2.24, 2.45) is 0 Å². The largest absolute Gasteiger partial charge is 0.347 e. The quantitative estimate of drug-likeness (QED) is 0.612. The fourth-order valence-electron chi connectivity index (χ4n) is 2.58. The van der Waals surface area contributed by atoms with E-state index >= 15 is 0 Å². The summed E-state index contributed by atoms with van der Waals surface area (Å²) in [7, 11) is 0. The van der Waals surface area contributed by atoms with Gasteiger partial charge in [-0.2, -0.15) is 0 Å². The first-order valence-electron chi connectivity index (χ1n) is 8.78. The smallest absolute Gasteiger partial charge is 0.268 e. The molecule has 140 valence electrons. The van der Waals surface area contributed by atoms with Crippen LogP contribution in [-0.2, 0) is 11.3 Å². The van der Waals surface area contributed by atoms with Gasteiger partial charge >= 0.3 is 0 Å². The molecule has 0 aliphatic carbocycles. The standard InChI is InChI=1S/C23H19ClN2O2/c24-20-14-8-7-13-19(20)22(27)26-21(15-17-9-3-1-4-10-17)23(28)25-16-18-11-5-2-6-12-18/h1-15H,16H2,(H,25,28)(H,26,27)/b21-15-. The highest BCUT2D eigenvalue weighted by Crippen LogP contribution is 2.15. The van der Waals surface area contributed by atoms with Crippen LogP contribution in [-0.4, -0.2) is 11.8 Å². The van der Waals surface area contributed by atoms with Gasteiger partial charge in [0, 0.05) is 6.54 Å². The number of rotatable bonds is 6. The molecule has 3 rings (SSSR count). The Kier molecular flexibility index (Phi) is 6.60. The fourth-order valence-corrected chi connectivity index (χ4v) is 2.80. The molecule has 4 nitrogen and oxygen atoms in total. The van der Waals surface area contributed by atoms with E-state index in [2.05, 4.69) is 10.6 Å². The van der Waals surface area contributed by atoms with E-state index in [4.69, 9.17) is 11.6 Å². The van der Waals surface area contributed by atoms with Crippen molar-refractivity contribution in [2.75, 3.05) is 0 Å². The average molecular weight is 391 g/mol. The van der Waals surface area contributed by atoms with Gasteiger partial charge in [-0.25, -0.2) is 0 Å². The maximum Gasteiger partial charge on any atom is 0.268 e. The predicted octanol–water partition coefficient (Wildman–Crippen LogP) is 4.43. The summed E-state index contributed by atoms with van der Waals surface area (Å²) in [6.07, 6.45) is 1.63. The zero-order valence-electron chi connectivity index (χ0n) is 15.1. The lowest BCUT2D eigenvalue weighted by Crippen LogP contribution is -2.34. The highest BCUT2D eigenvalue weighted by atomic mass is 35.5. The first kappa shape index (κ1) is 19.4. The molecule has 0 saturated carbocycles. The number of nitrogens with one attached hydrogen (secondary N) is 2. The van der Waals surface area contributed by atoms with Crippen molar-refractivity contribution in [1.29, 1.82) is 0 Å². The molecule has 28 heavy (non-hydrogen) atoms. The lowest BCUT2D eigenvalue weighted by molar-refractivity contribution is -0.117. The SMILES string of the molecule is O=C(NCc1ccccc1)/C(=C/c1ccccc1)NC(=O)c1ccccc1Cl. The molecule has 0 fully saturated rings. The van der Waals surface area contributed by atoms with Crippen molar-refractivity contribution in [2.45, 2.75) is 6.54 Å². The van der Waals surface area contributed by atoms with Crippen LogP contribution in [0.25, 0.3) is 6.08 Å². The van der Waals surface area contributed by atoms with Crippen molar-refractivity contribution in [3.63, 3.8) is 0 Å². The van der Waals surface area contributed by atoms with Gasteiger partial charge < -0.3 is 10.6 Å². The van der Waals surface area contributed by atoms with E-state index in [0.717, 1.165) is 11.1 Å². The number of carbonyl (C=O) groups excluding carboxylic acids is 2. The van der Waals surface area contributed by atoms with E-state index in [9.17, 15) is 9.59 Å². The Labute approximate surface area is 168 Å². The molecule has 0 atom stereocenters. The average Bonchev–Trinajstić information content (AvgIpc) is 2.73. The van der Waals surface area contributed by atoms with Crippen LogP contribution in [0.2, 0.25) is 5.02 Å². The van der Waals surface area contributed by atoms with Gasteiger partial charge in [-0.15, -0.1) is 0 Å². The molecule has 0 aromatic heterocycles. The summed E-state index contributed by atoms with van der Waals surface area (Å²) < 4.78 is 0. The molecule has 3 aromatic carbocycles. The zero-order valence-corrected chi connectivity index (χ0v) is 15.8. The first-order valence-corrected chi connectivity index (χ1v) is 9.16. The Morgan fingerprint density at radius 3 is 2.11 bits per heavy atom. The Bertz CT molecular complexity index is 986. The van der Waals surface area contributed by atoms with E-state index in [-0.39, 0.29) is 11.6 Å². The van der Waals surface area contributed by atoms with E-state index in [1.165, 1.54) is 0 Å². The lowest BCUT2D eigenvalue weighted by atomic mass is 10.1.